The number of rotatable bonds is 3. The van der Waals surface area contributed by atoms with Crippen LogP contribution in [0.2, 0.25) is 10.0 Å². The first-order valence-electron chi connectivity index (χ1n) is 10.2. The van der Waals surface area contributed by atoms with E-state index in [1.165, 1.54) is 34.2 Å². The molecule has 0 unspecified atom stereocenters. The molecule has 3 heterocycles. The Hall–Kier alpha value is -1.40. The Labute approximate surface area is 185 Å². The van der Waals surface area contributed by atoms with Crippen LogP contribution in [0.25, 0.3) is 10.2 Å². The molecule has 0 N–H and O–H groups in total. The smallest absolute Gasteiger partial charge is 0.141 e. The standard InChI is InChI=1S/C22H24Cl2N4S/c1-14-2-5-19-16(10-14)20-21(25-13-26-22(20)29-19)28-8-6-27(7-9-28)12-15-3-4-17(23)18(24)11-15/h3-4,11,13-14H,2,5-10,12H2,1H3/t14-/m0/s1. The molecule has 1 aliphatic heterocycles. The molecule has 1 aliphatic carbocycles. The number of benzene rings is 1. The third-order valence-corrected chi connectivity index (χ3v) is 8.07. The van der Waals surface area contributed by atoms with Crippen LogP contribution in [0.1, 0.15) is 29.3 Å². The average molecular weight is 447 g/mol. The SMILES string of the molecule is C[C@H]1CCc2sc3ncnc(N4CCN(Cc5ccc(Cl)c(Cl)c5)CC4)c3c2C1. The van der Waals surface area contributed by atoms with E-state index in [-0.39, 0.29) is 0 Å². The molecule has 1 saturated heterocycles. The van der Waals surface area contributed by atoms with Crippen LogP contribution in [0, 0.1) is 5.92 Å². The third kappa shape index (κ3) is 3.86. The zero-order valence-electron chi connectivity index (χ0n) is 16.5. The molecule has 0 amide bonds. The second kappa shape index (κ2) is 8.03. The molecule has 3 aromatic rings. The van der Waals surface area contributed by atoms with Gasteiger partial charge in [-0.15, -0.1) is 11.3 Å². The van der Waals surface area contributed by atoms with Crippen molar-refractivity contribution < 1.29 is 0 Å². The highest BCUT2D eigenvalue weighted by Gasteiger charge is 2.26. The number of hydrogen-bond acceptors (Lipinski definition) is 5. The van der Waals surface area contributed by atoms with Crippen molar-refractivity contribution in [3.8, 4) is 0 Å². The van der Waals surface area contributed by atoms with Gasteiger partial charge < -0.3 is 4.90 Å². The minimum absolute atomic E-state index is 0.612. The van der Waals surface area contributed by atoms with Crippen molar-refractivity contribution in [1.82, 2.24) is 14.9 Å². The molecule has 0 saturated carbocycles. The zero-order valence-corrected chi connectivity index (χ0v) is 18.8. The fourth-order valence-electron chi connectivity index (χ4n) is 4.52. The van der Waals surface area contributed by atoms with Crippen LogP contribution in [0.3, 0.4) is 0 Å². The predicted molar refractivity (Wildman–Crippen MR) is 123 cm³/mol. The first kappa shape index (κ1) is 19.6. The van der Waals surface area contributed by atoms with Gasteiger partial charge >= 0.3 is 0 Å². The van der Waals surface area contributed by atoms with E-state index >= 15 is 0 Å². The topological polar surface area (TPSA) is 32.3 Å². The van der Waals surface area contributed by atoms with Gasteiger partial charge in [-0.05, 0) is 48.4 Å². The monoisotopic (exact) mass is 446 g/mol. The van der Waals surface area contributed by atoms with E-state index in [1.807, 2.05) is 23.5 Å². The molecule has 2 aliphatic rings. The van der Waals surface area contributed by atoms with E-state index < -0.39 is 0 Å². The third-order valence-electron chi connectivity index (χ3n) is 6.13. The summed E-state index contributed by atoms with van der Waals surface area (Å²) in [5.41, 5.74) is 2.72. The highest BCUT2D eigenvalue weighted by molar-refractivity contribution is 7.19. The Morgan fingerprint density at radius 1 is 1.10 bits per heavy atom. The van der Waals surface area contributed by atoms with E-state index in [0.29, 0.717) is 10.0 Å². The number of anilines is 1. The molecule has 0 spiro atoms. The molecule has 5 rings (SSSR count). The number of halogens is 2. The molecule has 0 bridgehead atoms. The lowest BCUT2D eigenvalue weighted by Gasteiger charge is -2.36. The molecule has 29 heavy (non-hydrogen) atoms. The molecule has 2 aromatic heterocycles. The number of fused-ring (bicyclic) bond motifs is 3. The molecule has 1 atom stereocenters. The van der Waals surface area contributed by atoms with Crippen LogP contribution in [-0.4, -0.2) is 41.0 Å². The largest absolute Gasteiger partial charge is 0.353 e. The van der Waals surface area contributed by atoms with Crippen LogP contribution < -0.4 is 4.90 Å². The molecule has 7 heteroatoms. The van der Waals surface area contributed by atoms with Crippen molar-refractivity contribution in [1.29, 1.82) is 0 Å². The number of hydrogen-bond donors (Lipinski definition) is 0. The number of aromatic nitrogens is 2. The van der Waals surface area contributed by atoms with Gasteiger partial charge in [0.25, 0.3) is 0 Å². The number of nitrogens with zero attached hydrogens (tertiary/aromatic N) is 4. The Bertz CT molecular complexity index is 1040. The molecule has 1 fully saturated rings. The quantitative estimate of drug-likeness (QED) is 0.535. The van der Waals surface area contributed by atoms with Gasteiger partial charge in [0, 0.05) is 37.6 Å². The van der Waals surface area contributed by atoms with Crippen LogP contribution in [0.5, 0.6) is 0 Å². The van der Waals surface area contributed by atoms with Crippen molar-refractivity contribution >= 4 is 50.6 Å². The summed E-state index contributed by atoms with van der Waals surface area (Å²) in [6, 6.07) is 5.92. The summed E-state index contributed by atoms with van der Waals surface area (Å²) >= 11 is 14.1. The van der Waals surface area contributed by atoms with E-state index in [9.17, 15) is 0 Å². The Balaban J connectivity index is 1.34. The first-order valence-corrected chi connectivity index (χ1v) is 11.8. The van der Waals surface area contributed by atoms with Gasteiger partial charge in [0.05, 0.1) is 15.4 Å². The van der Waals surface area contributed by atoms with Gasteiger partial charge in [-0.2, -0.15) is 0 Å². The number of piperazine rings is 1. The zero-order chi connectivity index (χ0) is 20.0. The van der Waals surface area contributed by atoms with Crippen molar-refractivity contribution in [2.45, 2.75) is 32.7 Å². The van der Waals surface area contributed by atoms with Crippen molar-refractivity contribution in [2.24, 2.45) is 5.92 Å². The van der Waals surface area contributed by atoms with E-state index in [2.05, 4.69) is 27.8 Å². The van der Waals surface area contributed by atoms with Crippen molar-refractivity contribution in [3.63, 3.8) is 0 Å². The lowest BCUT2D eigenvalue weighted by Crippen LogP contribution is -2.46. The fraction of sp³-hybridized carbons (Fsp3) is 0.455. The van der Waals surface area contributed by atoms with E-state index in [0.717, 1.165) is 55.7 Å². The molecule has 0 radical (unpaired) electrons. The van der Waals surface area contributed by atoms with E-state index in [1.54, 1.807) is 6.33 Å². The second-order valence-electron chi connectivity index (χ2n) is 8.24. The maximum absolute atomic E-state index is 6.18. The average Bonchev–Trinajstić information content (AvgIpc) is 3.09. The Morgan fingerprint density at radius 3 is 2.72 bits per heavy atom. The molecular formula is C22H24Cl2N4S. The summed E-state index contributed by atoms with van der Waals surface area (Å²) in [7, 11) is 0. The summed E-state index contributed by atoms with van der Waals surface area (Å²) in [5.74, 6) is 1.88. The predicted octanol–water partition coefficient (Wildman–Crippen LogP) is 5.45. The van der Waals surface area contributed by atoms with Crippen molar-refractivity contribution in [3.05, 3.63) is 50.6 Å². The summed E-state index contributed by atoms with van der Waals surface area (Å²) in [4.78, 5) is 16.9. The highest BCUT2D eigenvalue weighted by atomic mass is 35.5. The van der Waals surface area contributed by atoms with Gasteiger partial charge in [0.2, 0.25) is 0 Å². The highest BCUT2D eigenvalue weighted by Crippen LogP contribution is 2.40. The van der Waals surface area contributed by atoms with Crippen LogP contribution >= 0.6 is 34.5 Å². The maximum atomic E-state index is 6.18. The van der Waals surface area contributed by atoms with Crippen LogP contribution in [-0.2, 0) is 19.4 Å². The first-order chi connectivity index (χ1) is 14.1. The molecular weight excluding hydrogens is 423 g/mol. The normalized spacial score (nSPS) is 20.2. The lowest BCUT2D eigenvalue weighted by atomic mass is 9.88. The summed E-state index contributed by atoms with van der Waals surface area (Å²) in [6.07, 6.45) is 5.38. The molecule has 4 nitrogen and oxygen atoms in total. The molecule has 152 valence electrons. The van der Waals surface area contributed by atoms with Gasteiger partial charge in [-0.25, -0.2) is 9.97 Å². The van der Waals surface area contributed by atoms with Crippen LogP contribution in [0.15, 0.2) is 24.5 Å². The van der Waals surface area contributed by atoms with E-state index in [4.69, 9.17) is 28.2 Å². The van der Waals surface area contributed by atoms with Gasteiger partial charge in [0.15, 0.2) is 0 Å². The number of thiophene rings is 1. The minimum Gasteiger partial charge on any atom is -0.353 e. The van der Waals surface area contributed by atoms with Gasteiger partial charge in [0.1, 0.15) is 17.0 Å². The van der Waals surface area contributed by atoms with Gasteiger partial charge in [-0.3, -0.25) is 4.90 Å². The van der Waals surface area contributed by atoms with Crippen molar-refractivity contribution in [2.75, 3.05) is 31.1 Å². The Morgan fingerprint density at radius 2 is 1.93 bits per heavy atom. The maximum Gasteiger partial charge on any atom is 0.141 e. The molecule has 1 aromatic carbocycles. The second-order valence-corrected chi connectivity index (χ2v) is 10.1. The number of aryl methyl sites for hydroxylation is 1. The lowest BCUT2D eigenvalue weighted by molar-refractivity contribution is 0.249. The fourth-order valence-corrected chi connectivity index (χ4v) is 6.02. The minimum atomic E-state index is 0.612. The van der Waals surface area contributed by atoms with Crippen LogP contribution in [0.4, 0.5) is 5.82 Å². The Kier molecular flexibility index (Phi) is 5.41. The summed E-state index contributed by atoms with van der Waals surface area (Å²) < 4.78 is 0. The van der Waals surface area contributed by atoms with Gasteiger partial charge in [-0.1, -0.05) is 36.2 Å². The summed E-state index contributed by atoms with van der Waals surface area (Å²) in [5, 5.41) is 2.56. The summed E-state index contributed by atoms with van der Waals surface area (Å²) in [6.45, 7) is 7.23.